The van der Waals surface area contributed by atoms with Crippen LogP contribution in [-0.2, 0) is 182 Å². The van der Waals surface area contributed by atoms with Gasteiger partial charge in [0.1, 0.15) is 103 Å². The number of carboxylic acids is 2. The zero-order valence-corrected chi connectivity index (χ0v) is 91.7. The van der Waals surface area contributed by atoms with E-state index in [1.54, 1.807) is 18.7 Å². The van der Waals surface area contributed by atoms with Crippen LogP contribution in [0, 0.1) is 0 Å². The Bertz CT molecular complexity index is 4090. The van der Waals surface area contributed by atoms with E-state index in [4.69, 9.17) is 80.0 Å². The molecule has 9 heterocycles. The second-order valence-electron chi connectivity index (χ2n) is 26.9. The summed E-state index contributed by atoms with van der Waals surface area (Å²) in [6.45, 7) is -3.32. The number of methoxy groups -OCH3 is 5. The van der Waals surface area contributed by atoms with Crippen LogP contribution in [0.1, 0.15) is 78.1 Å². The summed E-state index contributed by atoms with van der Waals surface area (Å²) in [5, 5.41) is 50.9. The molecule has 9 saturated heterocycles. The molecule has 9 fully saturated rings. The third-order valence-corrected chi connectivity index (χ3v) is 23.7. The van der Waals surface area contributed by atoms with E-state index in [0.717, 1.165) is 61.1 Å². The summed E-state index contributed by atoms with van der Waals surface area (Å²) in [5.74, 6) is -5.10. The van der Waals surface area contributed by atoms with Crippen molar-refractivity contribution in [1.29, 1.82) is 0 Å². The van der Waals surface area contributed by atoms with Gasteiger partial charge in [0.05, 0.1) is 50.4 Å². The van der Waals surface area contributed by atoms with Crippen LogP contribution in [0.3, 0.4) is 0 Å². The zero-order valence-electron chi connectivity index (χ0n) is 70.0. The Kier molecular flexibility index (Phi) is 58.3. The number of aliphatic hydroxyl groups excluding tert-OH is 1. The van der Waals surface area contributed by atoms with E-state index < -0.39 is 266 Å². The second-order valence-corrected chi connectivity index (χ2v) is 34.3. The average Bonchev–Trinajstić information content (AvgIpc) is 0.792. The molecule has 2 bridgehead atoms. The molecule has 5 N–H and O–H groups in total. The van der Waals surface area contributed by atoms with Crippen molar-refractivity contribution in [2.45, 2.75) is 248 Å². The minimum absolute atomic E-state index is 0. The van der Waals surface area contributed by atoms with E-state index in [9.17, 15) is 117 Å². The summed E-state index contributed by atoms with van der Waals surface area (Å²) in [7, 11) is -32.1. The van der Waals surface area contributed by atoms with Gasteiger partial charge in [-0.15, -0.1) is 0 Å². The number of aliphatic hydroxyl groups is 1. The molecule has 0 radical (unpaired) electrons. The Morgan fingerprint density at radius 1 is 0.508 bits per heavy atom. The van der Waals surface area contributed by atoms with Gasteiger partial charge >= 0.3 is 242 Å². The number of urea groups is 1. The number of nitrogens with one attached hydrogen (secondary N) is 4. The van der Waals surface area contributed by atoms with Gasteiger partial charge in [0, 0.05) is 72.5 Å². The minimum Gasteiger partial charge on any atom is -0.726 e. The third kappa shape index (κ3) is 35.7. The van der Waals surface area contributed by atoms with Gasteiger partial charge in [-0.1, -0.05) is 26.7 Å². The van der Waals surface area contributed by atoms with Gasteiger partial charge in [-0.05, 0) is 38.5 Å². The Balaban J connectivity index is 0.0000189. The summed E-state index contributed by atoms with van der Waals surface area (Å²) < 4.78 is 341. The maximum atomic E-state index is 14.1. The molecule has 124 heavy (non-hydrogen) atoms. The van der Waals surface area contributed by atoms with Crippen LogP contribution in [0.5, 0.6) is 0 Å². The largest absolute Gasteiger partial charge is 1.00 e. The number of hydrogen-bond donors (Lipinski definition) is 5. The molecule has 0 aromatic heterocycles. The molecule has 9 aliphatic heterocycles. The van der Waals surface area contributed by atoms with Gasteiger partial charge in [-0.2, -0.15) is 11.8 Å². The van der Waals surface area contributed by atoms with Gasteiger partial charge in [0.2, 0.25) is 74.2 Å². The van der Waals surface area contributed by atoms with Gasteiger partial charge in [0.15, 0.2) is 49.3 Å². The number of hydrogen-bond acceptors (Lipinski definition) is 49. The number of rotatable bonds is 46. The van der Waals surface area contributed by atoms with Gasteiger partial charge < -0.3 is 149 Å². The van der Waals surface area contributed by atoms with Crippen molar-refractivity contribution in [3.05, 3.63) is 0 Å². The van der Waals surface area contributed by atoms with Crippen molar-refractivity contribution in [1.82, 2.24) is 21.3 Å². The van der Waals surface area contributed by atoms with Gasteiger partial charge in [0.25, 0.3) is 0 Å². The number of aliphatic carboxylic acids is 2. The first-order valence-corrected chi connectivity index (χ1v) is 44.1. The first kappa shape index (κ1) is 128. The Labute approximate surface area is 895 Å². The number of thioether (sulfide) groups is 1. The summed E-state index contributed by atoms with van der Waals surface area (Å²) in [6, 6.07) is -1.99. The molecule has 67 heteroatoms. The van der Waals surface area contributed by atoms with Crippen molar-refractivity contribution in [3.8, 4) is 0 Å². The van der Waals surface area contributed by atoms with Crippen LogP contribution in [0.15, 0.2) is 0 Å². The van der Waals surface area contributed by atoms with E-state index in [1.807, 2.05) is 0 Å². The Hall–Kier alpha value is 4.04. The number of carbonyl (C=O) groups excluding carboxylic acids is 5. The zero-order chi connectivity index (χ0) is 86.0. The van der Waals surface area contributed by atoms with Gasteiger partial charge in [-0.25, -0.2) is 55.3 Å². The van der Waals surface area contributed by atoms with Crippen LogP contribution in [0.4, 0.5) is 4.79 Å². The molecule has 0 saturated carbocycles. The van der Waals surface area contributed by atoms with E-state index >= 15 is 0 Å². The van der Waals surface area contributed by atoms with Crippen molar-refractivity contribution in [3.63, 3.8) is 0 Å². The molecular formula is C57H86N4Na8O48S7. The predicted molar refractivity (Wildman–Crippen MR) is 355 cm³/mol. The fourth-order valence-electron chi connectivity index (χ4n) is 14.4. The van der Waals surface area contributed by atoms with Gasteiger partial charge in [-0.3, -0.25) is 34.7 Å². The SMILES string of the molecule is CCCO[C@H]1[C@H](O)[C@@H](COS(=O)(=O)[O-])O[C@H](O[C@H]2[C@H](OC)[C@@H](OC)[C@H](O[C@H]3[C@H](OS(=O)(=O)[O-])[C@@H](OS(=O)(=O)[O-])[C@@H](O[C@H]4[C@H](OC)[C@H]5OC[C@]4(C(=O)[O-])OC5O[C@H]4[C@H](OC)[C@@H](OS(=O)(=O)[O-])[C@@H](OC)O[C@@H]4COS(=O)(=O)[O-])O[C@@H]3COS(=O)(=O)[O-])O[C@]2(CC)C(=O)[O-])[C@@H]1NC(=O)CCCCCNC(=O)CCCCC1SCC2NC(=O)NC21.[Na+].[Na+].[Na+].[Na+].[Na+].[Na+].[Na+].[Na+]. The van der Waals surface area contributed by atoms with E-state index in [-0.39, 0.29) is 305 Å². The third-order valence-electron chi connectivity index (χ3n) is 19.5. The van der Waals surface area contributed by atoms with E-state index in [1.165, 1.54) is 0 Å². The number of fused-ring (bicyclic) bond motifs is 4. The molecule has 9 rings (SSSR count). The molecule has 4 amide bonds. The van der Waals surface area contributed by atoms with Crippen LogP contribution in [-0.4, -0.2) is 363 Å². The molecular weight excluding hydrogens is 1920 g/mol. The smallest absolute Gasteiger partial charge is 0.726 e. The number of carboxylic acid groups (broad SMARTS) is 2. The monoisotopic (exact) mass is 2000 g/mol. The first-order valence-electron chi connectivity index (χ1n) is 35.1. The normalized spacial score (nSPS) is 34.7. The van der Waals surface area contributed by atoms with E-state index in [0.29, 0.717) is 19.3 Å². The number of amides is 4. The molecule has 0 spiro atoms. The van der Waals surface area contributed by atoms with Crippen LogP contribution in [0.2, 0.25) is 0 Å². The minimum atomic E-state index is -6.54. The molecule has 0 aliphatic carbocycles. The summed E-state index contributed by atoms with van der Waals surface area (Å²) in [4.78, 5) is 66.3. The van der Waals surface area contributed by atoms with Crippen LogP contribution in [0.25, 0.3) is 0 Å². The molecule has 0 aromatic carbocycles. The predicted octanol–water partition coefficient (Wildman–Crippen LogP) is -34.1. The topological polar surface area (TPSA) is 746 Å². The van der Waals surface area contributed by atoms with Crippen molar-refractivity contribution < 1.29 is 454 Å². The molecule has 0 aromatic rings. The Morgan fingerprint density at radius 3 is 1.51 bits per heavy atom. The molecule has 672 valence electrons. The van der Waals surface area contributed by atoms with E-state index in [2.05, 4.69) is 42.2 Å². The molecule has 52 nitrogen and oxygen atoms in total. The van der Waals surface area contributed by atoms with Crippen molar-refractivity contribution >= 4 is 104 Å². The number of ether oxygens (including phenoxy) is 16. The second kappa shape index (κ2) is 56.5. The Morgan fingerprint density at radius 2 is 1.00 bits per heavy atom. The molecule has 9 aliphatic rings. The quantitative estimate of drug-likeness (QED) is 0.0124. The van der Waals surface area contributed by atoms with Crippen molar-refractivity contribution in [2.75, 3.05) is 80.9 Å². The summed E-state index contributed by atoms with van der Waals surface area (Å²) in [6.07, 6.45) is -50.9. The summed E-state index contributed by atoms with van der Waals surface area (Å²) >= 11 is 1.74. The maximum absolute atomic E-state index is 14.1. The molecule has 28 atom stereocenters. The standard InChI is InChI=1S/C57H94N4O48S7.8Na/c1-8-19-93-37-33(60-31(63)17-11-10-14-18-58-30(62)16-13-12-15-29-32-25(23-110-29)59-55(69)61-32)48(98-26(34(37)64)20-95-111(70,71)72)103-46-40(89-4)42(91-6)51(105-56(46,9-2)53(65)66)102-36-28(22-97-113(76,77)78)100-50(45(109-116(85,86)87)39(36)107-114(79,80)81)104-47-41(90-5)43-52(106-57(47,24-94-43)54(67)68)101-35-27(21-96-112(73,74)75)99-49(92-7)44(38(35)88-3)108-115(82,83)84;;;;;;;;/h25-29,32-52,64H,8-24H2,1-7H3,(H,58,62)(H,60,63)(H,65,66)(H,67,68)(H2,59,61,69)(H,70,71,72)(H,73,74,75)(H,76,77,78)(H,79,80,81)(H,82,83,84)(H,85,86,87);;;;;;;;/q;8*+1/p-8/t25?,26-,27-,28-,29?,32?,33-,34-,35-,36-,37-,38+,39+,40-,41-,42-,43-,44-,45-,46+,47+,48-,49+,50-,51-,52?,56+,57+;;;;;;;;/m1......../s1. The number of carbonyl (C=O) groups is 5. The fraction of sp³-hybridized carbons (Fsp3) is 0.912. The summed E-state index contributed by atoms with van der Waals surface area (Å²) in [5.41, 5.74) is -6.62. The number of unbranched alkanes of at least 4 members (excludes halogenated alkanes) is 3. The maximum Gasteiger partial charge on any atom is 1.00 e. The first-order chi connectivity index (χ1) is 54.2. The average molecular weight is 2000 g/mol. The fourth-order valence-corrected chi connectivity index (χ4v) is 18.3. The van der Waals surface area contributed by atoms with Crippen LogP contribution < -0.4 is 268 Å². The van der Waals surface area contributed by atoms with Crippen molar-refractivity contribution in [2.24, 2.45) is 0 Å². The van der Waals surface area contributed by atoms with Crippen LogP contribution >= 0.6 is 11.8 Å². The molecule has 4 unspecified atom stereocenters.